The number of pyridine rings is 1. The number of rotatable bonds is 4. The summed E-state index contributed by atoms with van der Waals surface area (Å²) in [6.07, 6.45) is 3.31. The Bertz CT molecular complexity index is 797. The SMILES string of the molecule is Cc1cc(=O)c(O)c([C@H](CC(=O)N2CCOCC2)c2cccnc2)o1. The fourth-order valence-corrected chi connectivity index (χ4v) is 2.92. The second kappa shape index (κ2) is 7.48. The van der Waals surface area contributed by atoms with E-state index in [9.17, 15) is 14.7 Å². The van der Waals surface area contributed by atoms with E-state index in [1.165, 1.54) is 6.07 Å². The topological polar surface area (TPSA) is 92.9 Å². The average molecular weight is 344 g/mol. The summed E-state index contributed by atoms with van der Waals surface area (Å²) >= 11 is 0. The van der Waals surface area contributed by atoms with E-state index in [0.717, 1.165) is 0 Å². The lowest BCUT2D eigenvalue weighted by Crippen LogP contribution is -2.41. The van der Waals surface area contributed by atoms with Crippen LogP contribution in [0.1, 0.15) is 29.4 Å². The molecule has 1 N–H and O–H groups in total. The molecule has 0 saturated carbocycles. The van der Waals surface area contributed by atoms with Gasteiger partial charge >= 0.3 is 0 Å². The van der Waals surface area contributed by atoms with Crippen molar-refractivity contribution >= 4 is 5.91 Å². The molecule has 1 atom stereocenters. The normalized spacial score (nSPS) is 15.8. The lowest BCUT2D eigenvalue weighted by Gasteiger charge is -2.28. The van der Waals surface area contributed by atoms with E-state index < -0.39 is 17.1 Å². The van der Waals surface area contributed by atoms with Crippen LogP contribution in [0.4, 0.5) is 0 Å². The van der Waals surface area contributed by atoms with Gasteiger partial charge in [0.05, 0.1) is 19.1 Å². The van der Waals surface area contributed by atoms with Crippen LogP contribution in [-0.4, -0.2) is 47.2 Å². The summed E-state index contributed by atoms with van der Waals surface area (Å²) in [5.74, 6) is -0.656. The molecule has 7 nitrogen and oxygen atoms in total. The molecular weight excluding hydrogens is 324 g/mol. The van der Waals surface area contributed by atoms with E-state index >= 15 is 0 Å². The van der Waals surface area contributed by atoms with Crippen LogP contribution in [0.25, 0.3) is 0 Å². The third kappa shape index (κ3) is 3.88. The van der Waals surface area contributed by atoms with E-state index in [-0.39, 0.29) is 18.1 Å². The predicted molar refractivity (Wildman–Crippen MR) is 89.5 cm³/mol. The number of amides is 1. The zero-order chi connectivity index (χ0) is 17.8. The zero-order valence-electron chi connectivity index (χ0n) is 14.0. The van der Waals surface area contributed by atoms with Crippen molar-refractivity contribution in [3.63, 3.8) is 0 Å². The van der Waals surface area contributed by atoms with Crippen molar-refractivity contribution in [1.82, 2.24) is 9.88 Å². The molecular formula is C18H20N2O5. The quantitative estimate of drug-likeness (QED) is 0.902. The Balaban J connectivity index is 1.96. The Morgan fingerprint density at radius 1 is 1.40 bits per heavy atom. The van der Waals surface area contributed by atoms with Crippen molar-refractivity contribution in [2.24, 2.45) is 0 Å². The van der Waals surface area contributed by atoms with Crippen molar-refractivity contribution in [2.75, 3.05) is 26.3 Å². The maximum atomic E-state index is 12.7. The molecule has 1 fully saturated rings. The molecule has 7 heteroatoms. The van der Waals surface area contributed by atoms with Crippen LogP contribution in [0.5, 0.6) is 5.75 Å². The number of aryl methyl sites for hydroxylation is 1. The van der Waals surface area contributed by atoms with Gasteiger partial charge in [0.1, 0.15) is 5.76 Å². The van der Waals surface area contributed by atoms with Gasteiger partial charge in [-0.25, -0.2) is 0 Å². The summed E-state index contributed by atoms with van der Waals surface area (Å²) in [5, 5.41) is 10.2. The molecule has 25 heavy (non-hydrogen) atoms. The smallest absolute Gasteiger partial charge is 0.227 e. The molecule has 0 radical (unpaired) electrons. The van der Waals surface area contributed by atoms with Gasteiger partial charge in [0.25, 0.3) is 0 Å². The summed E-state index contributed by atoms with van der Waals surface area (Å²) in [6.45, 7) is 3.71. The Morgan fingerprint density at radius 2 is 2.16 bits per heavy atom. The van der Waals surface area contributed by atoms with Crippen molar-refractivity contribution in [3.05, 3.63) is 57.9 Å². The molecule has 1 aliphatic rings. The van der Waals surface area contributed by atoms with Crippen molar-refractivity contribution in [2.45, 2.75) is 19.3 Å². The number of carbonyl (C=O) groups is 1. The molecule has 1 amide bonds. The third-order valence-corrected chi connectivity index (χ3v) is 4.22. The Hall–Kier alpha value is -2.67. The van der Waals surface area contributed by atoms with Gasteiger partial charge in [-0.05, 0) is 18.6 Å². The third-order valence-electron chi connectivity index (χ3n) is 4.22. The number of carbonyl (C=O) groups excluding carboxylic acids is 1. The van der Waals surface area contributed by atoms with Crippen LogP contribution in [0, 0.1) is 6.92 Å². The molecule has 1 saturated heterocycles. The number of hydrogen-bond acceptors (Lipinski definition) is 6. The fraction of sp³-hybridized carbons (Fsp3) is 0.389. The first-order valence-corrected chi connectivity index (χ1v) is 8.15. The maximum Gasteiger partial charge on any atom is 0.227 e. The standard InChI is InChI=1S/C18H20N2O5/c1-12-9-15(21)17(23)18(25-12)14(13-3-2-4-19-11-13)10-16(22)20-5-7-24-8-6-20/h2-4,9,11,14,23H,5-8,10H2,1H3/t14-/m1/s1. The van der Waals surface area contributed by atoms with E-state index in [1.807, 2.05) is 0 Å². The highest BCUT2D eigenvalue weighted by Gasteiger charge is 2.28. The average Bonchev–Trinajstić information content (AvgIpc) is 2.64. The van der Waals surface area contributed by atoms with Crippen LogP contribution >= 0.6 is 0 Å². The Morgan fingerprint density at radius 3 is 2.84 bits per heavy atom. The zero-order valence-corrected chi connectivity index (χ0v) is 14.0. The minimum absolute atomic E-state index is 0.0750. The minimum atomic E-state index is -0.586. The first kappa shape index (κ1) is 17.2. The lowest BCUT2D eigenvalue weighted by molar-refractivity contribution is -0.135. The molecule has 0 unspecified atom stereocenters. The molecule has 132 valence electrons. The van der Waals surface area contributed by atoms with Gasteiger partial charge in [-0.15, -0.1) is 0 Å². The Kier molecular flexibility index (Phi) is 5.14. The van der Waals surface area contributed by atoms with E-state index in [0.29, 0.717) is 37.6 Å². The first-order chi connectivity index (χ1) is 12.1. The lowest BCUT2D eigenvalue weighted by atomic mass is 9.92. The fourth-order valence-electron chi connectivity index (χ4n) is 2.92. The summed E-state index contributed by atoms with van der Waals surface area (Å²) in [6, 6.07) is 4.77. The maximum absolute atomic E-state index is 12.7. The minimum Gasteiger partial charge on any atom is -0.502 e. The molecule has 0 spiro atoms. The molecule has 0 bridgehead atoms. The summed E-state index contributed by atoms with van der Waals surface area (Å²) in [5.41, 5.74) is 0.180. The van der Waals surface area contributed by atoms with Gasteiger partial charge in [0.15, 0.2) is 5.76 Å². The summed E-state index contributed by atoms with van der Waals surface area (Å²) in [7, 11) is 0. The molecule has 3 heterocycles. The second-order valence-electron chi connectivity index (χ2n) is 5.97. The van der Waals surface area contributed by atoms with Crippen LogP contribution in [0.15, 0.2) is 39.8 Å². The molecule has 2 aromatic heterocycles. The molecule has 1 aliphatic heterocycles. The predicted octanol–water partition coefficient (Wildman–Crippen LogP) is 1.43. The molecule has 2 aromatic rings. The summed E-state index contributed by atoms with van der Waals surface area (Å²) < 4.78 is 10.9. The highest BCUT2D eigenvalue weighted by molar-refractivity contribution is 5.78. The molecule has 0 aliphatic carbocycles. The number of aromatic nitrogens is 1. The number of hydrogen-bond donors (Lipinski definition) is 1. The van der Waals surface area contributed by atoms with Gasteiger partial charge in [0.2, 0.25) is 17.1 Å². The second-order valence-corrected chi connectivity index (χ2v) is 5.97. The van der Waals surface area contributed by atoms with Crippen molar-refractivity contribution < 1.29 is 19.1 Å². The highest BCUT2D eigenvalue weighted by atomic mass is 16.5. The molecule has 3 rings (SSSR count). The Labute approximate surface area is 144 Å². The molecule has 0 aromatic carbocycles. The van der Waals surface area contributed by atoms with Crippen LogP contribution < -0.4 is 5.43 Å². The first-order valence-electron chi connectivity index (χ1n) is 8.15. The van der Waals surface area contributed by atoms with Gasteiger partial charge in [-0.2, -0.15) is 0 Å². The number of ether oxygens (including phenoxy) is 1. The summed E-state index contributed by atoms with van der Waals surface area (Å²) in [4.78, 5) is 30.4. The van der Waals surface area contributed by atoms with Crippen molar-refractivity contribution in [3.8, 4) is 5.75 Å². The number of morpholine rings is 1. The van der Waals surface area contributed by atoms with Crippen LogP contribution in [0.2, 0.25) is 0 Å². The van der Waals surface area contributed by atoms with Gasteiger partial charge in [0, 0.05) is 38.0 Å². The highest BCUT2D eigenvalue weighted by Crippen LogP contribution is 2.33. The monoisotopic (exact) mass is 344 g/mol. The van der Waals surface area contributed by atoms with Gasteiger partial charge in [-0.1, -0.05) is 6.07 Å². The number of aromatic hydroxyl groups is 1. The van der Waals surface area contributed by atoms with Gasteiger partial charge in [-0.3, -0.25) is 14.6 Å². The van der Waals surface area contributed by atoms with Crippen LogP contribution in [0.3, 0.4) is 0 Å². The number of nitrogens with zero attached hydrogens (tertiary/aromatic N) is 2. The van der Waals surface area contributed by atoms with E-state index in [4.69, 9.17) is 9.15 Å². The van der Waals surface area contributed by atoms with Crippen LogP contribution in [-0.2, 0) is 9.53 Å². The van der Waals surface area contributed by atoms with E-state index in [2.05, 4.69) is 4.98 Å². The van der Waals surface area contributed by atoms with Gasteiger partial charge < -0.3 is 19.2 Å². The largest absolute Gasteiger partial charge is 0.502 e. The van der Waals surface area contributed by atoms with Crippen molar-refractivity contribution in [1.29, 1.82) is 0 Å². The van der Waals surface area contributed by atoms with E-state index in [1.54, 1.807) is 36.4 Å².